The molecule has 0 aliphatic carbocycles. The van der Waals surface area contributed by atoms with E-state index in [1.807, 2.05) is 39.8 Å². The number of hydrogen-bond acceptors (Lipinski definition) is 4. The van der Waals surface area contributed by atoms with Gasteiger partial charge in [-0.2, -0.15) is 18.2 Å². The number of benzene rings is 1. The van der Waals surface area contributed by atoms with Gasteiger partial charge >= 0.3 is 6.18 Å². The van der Waals surface area contributed by atoms with Crippen LogP contribution < -0.4 is 11.5 Å². The van der Waals surface area contributed by atoms with Crippen molar-refractivity contribution in [2.75, 3.05) is 11.5 Å². The van der Waals surface area contributed by atoms with Crippen LogP contribution in [0.1, 0.15) is 56.0 Å². The van der Waals surface area contributed by atoms with E-state index in [4.69, 9.17) is 11.5 Å². The van der Waals surface area contributed by atoms with Gasteiger partial charge in [0, 0.05) is 11.0 Å². The largest absolute Gasteiger partial charge is 0.416 e. The monoisotopic (exact) mass is 364 g/mol. The van der Waals surface area contributed by atoms with Crippen LogP contribution in [0.4, 0.5) is 24.9 Å². The molecule has 0 fully saturated rings. The number of halogens is 3. The van der Waals surface area contributed by atoms with Gasteiger partial charge in [-0.1, -0.05) is 52.0 Å². The highest BCUT2D eigenvalue weighted by Crippen LogP contribution is 2.33. The molecule has 0 aliphatic rings. The minimum Gasteiger partial charge on any atom is -0.383 e. The van der Waals surface area contributed by atoms with Crippen LogP contribution in [0.3, 0.4) is 0 Å². The molecule has 0 bridgehead atoms. The Balaban J connectivity index is 2.38. The van der Waals surface area contributed by atoms with Crippen molar-refractivity contribution in [3.05, 3.63) is 52.7 Å². The first-order chi connectivity index (χ1) is 11.9. The van der Waals surface area contributed by atoms with E-state index in [1.54, 1.807) is 0 Å². The van der Waals surface area contributed by atoms with Crippen molar-refractivity contribution >= 4 is 17.8 Å². The summed E-state index contributed by atoms with van der Waals surface area (Å²) in [5.74, 6) is 0.488. The summed E-state index contributed by atoms with van der Waals surface area (Å²) < 4.78 is 38.2. The molecule has 7 heteroatoms. The summed E-state index contributed by atoms with van der Waals surface area (Å²) in [5.41, 5.74) is 12.6. The first-order valence-corrected chi connectivity index (χ1v) is 8.21. The Morgan fingerprint density at radius 1 is 0.962 bits per heavy atom. The Labute approximate surface area is 151 Å². The number of nitrogens with two attached hydrogens (primary N) is 2. The Morgan fingerprint density at radius 2 is 1.50 bits per heavy atom. The highest BCUT2D eigenvalue weighted by Gasteiger charge is 2.30. The number of aromatic nitrogens is 2. The van der Waals surface area contributed by atoms with Crippen molar-refractivity contribution in [3.63, 3.8) is 0 Å². The van der Waals surface area contributed by atoms with Crippen molar-refractivity contribution in [3.8, 4) is 0 Å². The smallest absolute Gasteiger partial charge is 0.383 e. The molecular formula is C19H23F3N4. The molecule has 4 N–H and O–H groups in total. The second-order valence-corrected chi connectivity index (χ2v) is 7.05. The standard InChI is InChI=1S/C19H23F3N4/c1-11(2)15-14(16(23)26-17(24)25-15)9-10-18(3,4)12-5-7-13(8-6-12)19(20,21)22/h5-11H,1-4H3,(H4,23,24,25,26). The minimum atomic E-state index is -4.35. The zero-order chi connectivity index (χ0) is 19.7. The fourth-order valence-electron chi connectivity index (χ4n) is 2.61. The summed E-state index contributed by atoms with van der Waals surface area (Å²) in [6, 6.07) is 5.15. The predicted octanol–water partition coefficient (Wildman–Crippen LogP) is 4.77. The second kappa shape index (κ2) is 6.97. The van der Waals surface area contributed by atoms with E-state index in [9.17, 15) is 13.2 Å². The van der Waals surface area contributed by atoms with Crippen LogP contribution in [0.2, 0.25) is 0 Å². The molecule has 2 aromatic rings. The molecule has 1 aromatic heterocycles. The number of anilines is 2. The SMILES string of the molecule is CC(C)c1nc(N)nc(N)c1C=CC(C)(C)c1ccc(C(F)(F)F)cc1. The average molecular weight is 364 g/mol. The summed E-state index contributed by atoms with van der Waals surface area (Å²) in [4.78, 5) is 8.25. The number of nitrogens with zero attached hydrogens (tertiary/aromatic N) is 2. The second-order valence-electron chi connectivity index (χ2n) is 7.05. The van der Waals surface area contributed by atoms with Gasteiger partial charge in [-0.25, -0.2) is 4.98 Å². The minimum absolute atomic E-state index is 0.0939. The Kier molecular flexibility index (Phi) is 5.30. The van der Waals surface area contributed by atoms with E-state index >= 15 is 0 Å². The van der Waals surface area contributed by atoms with Crippen molar-refractivity contribution in [2.45, 2.75) is 45.2 Å². The molecule has 0 amide bonds. The van der Waals surface area contributed by atoms with Gasteiger partial charge in [-0.3, -0.25) is 0 Å². The van der Waals surface area contributed by atoms with Gasteiger partial charge in [-0.15, -0.1) is 0 Å². The van der Waals surface area contributed by atoms with E-state index in [0.29, 0.717) is 5.56 Å². The Hall–Kier alpha value is -2.57. The third kappa shape index (κ3) is 4.33. The fourth-order valence-corrected chi connectivity index (χ4v) is 2.61. The van der Waals surface area contributed by atoms with Gasteiger partial charge in [0.15, 0.2) is 0 Å². The molecule has 0 radical (unpaired) electrons. The molecule has 2 rings (SSSR count). The molecule has 26 heavy (non-hydrogen) atoms. The zero-order valence-corrected chi connectivity index (χ0v) is 15.2. The normalized spacial score (nSPS) is 12.9. The van der Waals surface area contributed by atoms with Crippen LogP contribution in [-0.4, -0.2) is 9.97 Å². The Morgan fingerprint density at radius 3 is 2.00 bits per heavy atom. The number of rotatable bonds is 4. The third-order valence-electron chi connectivity index (χ3n) is 4.19. The van der Waals surface area contributed by atoms with E-state index in [-0.39, 0.29) is 17.7 Å². The highest BCUT2D eigenvalue weighted by atomic mass is 19.4. The maximum Gasteiger partial charge on any atom is 0.416 e. The number of allylic oxidation sites excluding steroid dienone is 1. The number of nitrogen functional groups attached to an aromatic ring is 2. The summed E-state index contributed by atoms with van der Waals surface area (Å²) in [6.45, 7) is 7.77. The first-order valence-electron chi connectivity index (χ1n) is 8.21. The van der Waals surface area contributed by atoms with Gasteiger partial charge in [0.1, 0.15) is 5.82 Å². The van der Waals surface area contributed by atoms with Gasteiger partial charge in [0.2, 0.25) is 5.95 Å². The molecule has 0 spiro atoms. The lowest BCUT2D eigenvalue weighted by atomic mass is 9.83. The maximum absolute atomic E-state index is 12.7. The molecule has 0 saturated carbocycles. The molecule has 0 aliphatic heterocycles. The number of alkyl halides is 3. The predicted molar refractivity (Wildman–Crippen MR) is 98.4 cm³/mol. The van der Waals surface area contributed by atoms with Crippen LogP contribution in [0, 0.1) is 0 Å². The molecule has 1 heterocycles. The van der Waals surface area contributed by atoms with Gasteiger partial charge in [0.05, 0.1) is 11.3 Å². The molecule has 0 unspecified atom stereocenters. The summed E-state index contributed by atoms with van der Waals surface area (Å²) in [6.07, 6.45) is -0.658. The number of hydrogen-bond donors (Lipinski definition) is 2. The average Bonchev–Trinajstić information content (AvgIpc) is 2.52. The summed E-state index contributed by atoms with van der Waals surface area (Å²) >= 11 is 0. The lowest BCUT2D eigenvalue weighted by molar-refractivity contribution is -0.137. The van der Waals surface area contributed by atoms with E-state index in [1.165, 1.54) is 12.1 Å². The molecule has 0 atom stereocenters. The van der Waals surface area contributed by atoms with Gasteiger partial charge < -0.3 is 11.5 Å². The highest BCUT2D eigenvalue weighted by molar-refractivity contribution is 5.66. The van der Waals surface area contributed by atoms with Crippen molar-refractivity contribution in [2.24, 2.45) is 0 Å². The molecular weight excluding hydrogens is 341 g/mol. The topological polar surface area (TPSA) is 77.8 Å². The lowest BCUT2D eigenvalue weighted by Gasteiger charge is -2.22. The quantitative estimate of drug-likeness (QED) is 0.819. The van der Waals surface area contributed by atoms with Gasteiger partial charge in [0.25, 0.3) is 0 Å². The van der Waals surface area contributed by atoms with Crippen LogP contribution >= 0.6 is 0 Å². The summed E-state index contributed by atoms with van der Waals surface area (Å²) in [7, 11) is 0. The van der Waals surface area contributed by atoms with Crippen molar-refractivity contribution in [1.82, 2.24) is 9.97 Å². The first kappa shape index (κ1) is 19.8. The van der Waals surface area contributed by atoms with Crippen molar-refractivity contribution < 1.29 is 13.2 Å². The van der Waals surface area contributed by atoms with Crippen molar-refractivity contribution in [1.29, 1.82) is 0 Å². The fraction of sp³-hybridized carbons (Fsp3) is 0.368. The lowest BCUT2D eigenvalue weighted by Crippen LogP contribution is -2.15. The van der Waals surface area contributed by atoms with Crippen LogP contribution in [0.15, 0.2) is 30.3 Å². The molecule has 0 saturated heterocycles. The zero-order valence-electron chi connectivity index (χ0n) is 15.2. The maximum atomic E-state index is 12.7. The van der Waals surface area contributed by atoms with Gasteiger partial charge in [-0.05, 0) is 23.6 Å². The molecule has 4 nitrogen and oxygen atoms in total. The van der Waals surface area contributed by atoms with Crippen LogP contribution in [0.25, 0.3) is 6.08 Å². The Bertz CT molecular complexity index is 807. The van der Waals surface area contributed by atoms with Crippen LogP contribution in [0.5, 0.6) is 0 Å². The molecule has 140 valence electrons. The summed E-state index contributed by atoms with van der Waals surface area (Å²) in [5, 5.41) is 0. The van der Waals surface area contributed by atoms with E-state index < -0.39 is 17.2 Å². The third-order valence-corrected chi connectivity index (χ3v) is 4.19. The van der Waals surface area contributed by atoms with E-state index in [2.05, 4.69) is 9.97 Å². The van der Waals surface area contributed by atoms with Crippen LogP contribution in [-0.2, 0) is 11.6 Å². The van der Waals surface area contributed by atoms with E-state index in [0.717, 1.165) is 23.4 Å². The molecule has 1 aromatic carbocycles.